The summed E-state index contributed by atoms with van der Waals surface area (Å²) >= 11 is 5.77. The predicted octanol–water partition coefficient (Wildman–Crippen LogP) is 3.79. The van der Waals surface area contributed by atoms with Crippen LogP contribution >= 0.6 is 11.6 Å². The van der Waals surface area contributed by atoms with Crippen LogP contribution in [0.5, 0.6) is 0 Å². The van der Waals surface area contributed by atoms with Crippen LogP contribution < -0.4 is 5.73 Å². The smallest absolute Gasteiger partial charge is 0.141 e. The van der Waals surface area contributed by atoms with Crippen LogP contribution in [0, 0.1) is 11.2 Å². The van der Waals surface area contributed by atoms with Crippen molar-refractivity contribution in [3.63, 3.8) is 0 Å². The molecule has 1 nitrogen and oxygen atoms in total. The van der Waals surface area contributed by atoms with Gasteiger partial charge in [-0.2, -0.15) is 0 Å². The lowest BCUT2D eigenvalue weighted by Crippen LogP contribution is -2.31. The number of benzene rings is 1. The van der Waals surface area contributed by atoms with Gasteiger partial charge in [-0.3, -0.25) is 0 Å². The summed E-state index contributed by atoms with van der Waals surface area (Å²) < 4.78 is 13.0. The van der Waals surface area contributed by atoms with Crippen molar-refractivity contribution in [3.8, 4) is 0 Å². The van der Waals surface area contributed by atoms with Gasteiger partial charge in [0, 0.05) is 0 Å². The third-order valence-electron chi connectivity index (χ3n) is 3.50. The lowest BCUT2D eigenvalue weighted by atomic mass is 9.77. The number of halogens is 2. The fourth-order valence-electron chi connectivity index (χ4n) is 1.94. The van der Waals surface area contributed by atoms with Crippen LogP contribution in [0.2, 0.25) is 5.02 Å². The van der Waals surface area contributed by atoms with E-state index in [4.69, 9.17) is 17.3 Å². The Balaban J connectivity index is 2.89. The van der Waals surface area contributed by atoms with Crippen LogP contribution in [0.3, 0.4) is 0 Å². The zero-order valence-corrected chi connectivity index (χ0v) is 10.6. The van der Waals surface area contributed by atoms with E-state index in [1.54, 1.807) is 12.1 Å². The first-order chi connectivity index (χ1) is 7.56. The molecule has 0 amide bonds. The third kappa shape index (κ3) is 2.96. The summed E-state index contributed by atoms with van der Waals surface area (Å²) in [5.41, 5.74) is 7.01. The second-order valence-corrected chi connectivity index (χ2v) is 4.74. The second kappa shape index (κ2) is 5.65. The average Bonchev–Trinajstić information content (AvgIpc) is 2.31. The molecule has 16 heavy (non-hydrogen) atoms. The lowest BCUT2D eigenvalue weighted by molar-refractivity contribution is 0.271. The van der Waals surface area contributed by atoms with E-state index in [1.165, 1.54) is 6.07 Å². The Hall–Kier alpha value is -0.600. The Bertz CT molecular complexity index is 340. The lowest BCUT2D eigenvalue weighted by Gasteiger charge is -2.30. The molecule has 90 valence electrons. The molecule has 1 rings (SSSR count). The van der Waals surface area contributed by atoms with Gasteiger partial charge >= 0.3 is 0 Å². The van der Waals surface area contributed by atoms with Gasteiger partial charge in [0.2, 0.25) is 0 Å². The Kier molecular flexibility index (Phi) is 4.75. The fourth-order valence-corrected chi connectivity index (χ4v) is 2.15. The van der Waals surface area contributed by atoms with Gasteiger partial charge in [-0.25, -0.2) is 4.39 Å². The molecule has 0 aliphatic heterocycles. The third-order valence-corrected chi connectivity index (χ3v) is 3.79. The molecule has 0 bridgehead atoms. The first-order valence-corrected chi connectivity index (χ1v) is 6.08. The zero-order chi connectivity index (χ0) is 12.2. The van der Waals surface area contributed by atoms with Crippen molar-refractivity contribution in [2.45, 2.75) is 33.1 Å². The number of nitrogens with two attached hydrogens (primary N) is 1. The molecular weight excluding hydrogens is 225 g/mol. The van der Waals surface area contributed by atoms with Crippen molar-refractivity contribution in [3.05, 3.63) is 34.6 Å². The Morgan fingerprint density at radius 1 is 1.31 bits per heavy atom. The van der Waals surface area contributed by atoms with Gasteiger partial charge in [0.15, 0.2) is 0 Å². The average molecular weight is 244 g/mol. The topological polar surface area (TPSA) is 26.0 Å². The molecule has 0 saturated heterocycles. The summed E-state index contributed by atoms with van der Waals surface area (Å²) in [7, 11) is 0. The maximum Gasteiger partial charge on any atom is 0.141 e. The van der Waals surface area contributed by atoms with Crippen LogP contribution in [0.25, 0.3) is 0 Å². The Morgan fingerprint density at radius 3 is 2.38 bits per heavy atom. The van der Waals surface area contributed by atoms with Crippen LogP contribution in [-0.4, -0.2) is 6.54 Å². The molecule has 0 unspecified atom stereocenters. The molecule has 0 fully saturated rings. The maximum absolute atomic E-state index is 13.0. The molecular formula is C13H19ClFN. The molecule has 3 heteroatoms. The standard InChI is InChI=1S/C13H19ClFN/c1-3-13(4-2,9-16)8-10-5-6-12(15)11(14)7-10/h5-7H,3-4,8-9,16H2,1-2H3. The molecule has 1 aromatic rings. The fraction of sp³-hybridized carbons (Fsp3) is 0.538. The highest BCUT2D eigenvalue weighted by molar-refractivity contribution is 6.30. The van der Waals surface area contributed by atoms with E-state index in [2.05, 4.69) is 13.8 Å². The molecule has 1 aromatic carbocycles. The highest BCUT2D eigenvalue weighted by Gasteiger charge is 2.24. The van der Waals surface area contributed by atoms with E-state index in [1.807, 2.05) is 0 Å². The quantitative estimate of drug-likeness (QED) is 0.837. The predicted molar refractivity (Wildman–Crippen MR) is 67.2 cm³/mol. The van der Waals surface area contributed by atoms with Gasteiger partial charge in [-0.05, 0) is 48.9 Å². The summed E-state index contributed by atoms with van der Waals surface area (Å²) in [5, 5.41) is 0.190. The molecule has 2 N–H and O–H groups in total. The van der Waals surface area contributed by atoms with Crippen molar-refractivity contribution in [1.82, 2.24) is 0 Å². The molecule has 0 radical (unpaired) electrons. The van der Waals surface area contributed by atoms with E-state index < -0.39 is 0 Å². The van der Waals surface area contributed by atoms with E-state index in [0.717, 1.165) is 24.8 Å². The Labute approximate surface area is 102 Å². The second-order valence-electron chi connectivity index (χ2n) is 4.34. The SMILES string of the molecule is CCC(CC)(CN)Cc1ccc(F)c(Cl)c1. The van der Waals surface area contributed by atoms with Crippen LogP contribution in [-0.2, 0) is 6.42 Å². The van der Waals surface area contributed by atoms with Gasteiger partial charge in [-0.1, -0.05) is 31.5 Å². The number of hydrogen-bond donors (Lipinski definition) is 1. The van der Waals surface area contributed by atoms with E-state index in [9.17, 15) is 4.39 Å². The van der Waals surface area contributed by atoms with Crippen LogP contribution in [0.4, 0.5) is 4.39 Å². The minimum absolute atomic E-state index is 0.112. The van der Waals surface area contributed by atoms with Crippen molar-refractivity contribution >= 4 is 11.6 Å². The minimum atomic E-state index is -0.364. The van der Waals surface area contributed by atoms with Gasteiger partial charge in [0.25, 0.3) is 0 Å². The minimum Gasteiger partial charge on any atom is -0.330 e. The highest BCUT2D eigenvalue weighted by Crippen LogP contribution is 2.30. The first-order valence-electron chi connectivity index (χ1n) is 5.71. The molecule has 0 aliphatic rings. The van der Waals surface area contributed by atoms with Gasteiger partial charge in [-0.15, -0.1) is 0 Å². The normalized spacial score (nSPS) is 11.8. The number of hydrogen-bond acceptors (Lipinski definition) is 1. The van der Waals surface area contributed by atoms with Crippen molar-refractivity contribution in [2.75, 3.05) is 6.54 Å². The Morgan fingerprint density at radius 2 is 1.94 bits per heavy atom. The van der Waals surface area contributed by atoms with Gasteiger partial charge in [0.05, 0.1) is 5.02 Å². The van der Waals surface area contributed by atoms with Crippen molar-refractivity contribution in [2.24, 2.45) is 11.1 Å². The summed E-state index contributed by atoms with van der Waals surface area (Å²) in [5.74, 6) is -0.364. The summed E-state index contributed by atoms with van der Waals surface area (Å²) in [6, 6.07) is 4.91. The van der Waals surface area contributed by atoms with Gasteiger partial charge in [0.1, 0.15) is 5.82 Å². The highest BCUT2D eigenvalue weighted by atomic mass is 35.5. The van der Waals surface area contributed by atoms with Crippen LogP contribution in [0.1, 0.15) is 32.3 Å². The van der Waals surface area contributed by atoms with E-state index in [0.29, 0.717) is 6.54 Å². The first kappa shape index (κ1) is 13.5. The van der Waals surface area contributed by atoms with E-state index >= 15 is 0 Å². The molecule has 0 spiro atoms. The molecule has 0 aromatic heterocycles. The molecule has 0 heterocycles. The molecule has 0 aliphatic carbocycles. The van der Waals surface area contributed by atoms with Crippen molar-refractivity contribution in [1.29, 1.82) is 0 Å². The summed E-state index contributed by atoms with van der Waals surface area (Å²) in [4.78, 5) is 0. The monoisotopic (exact) mass is 243 g/mol. The van der Waals surface area contributed by atoms with Crippen LogP contribution in [0.15, 0.2) is 18.2 Å². The number of rotatable bonds is 5. The summed E-state index contributed by atoms with van der Waals surface area (Å²) in [6.07, 6.45) is 2.90. The zero-order valence-electron chi connectivity index (χ0n) is 9.89. The maximum atomic E-state index is 13.0. The largest absolute Gasteiger partial charge is 0.330 e. The summed E-state index contributed by atoms with van der Waals surface area (Å²) in [6.45, 7) is 4.93. The van der Waals surface area contributed by atoms with Gasteiger partial charge < -0.3 is 5.73 Å². The van der Waals surface area contributed by atoms with E-state index in [-0.39, 0.29) is 16.3 Å². The molecule has 0 atom stereocenters. The van der Waals surface area contributed by atoms with Crippen molar-refractivity contribution < 1.29 is 4.39 Å². The molecule has 0 saturated carbocycles.